The summed E-state index contributed by atoms with van der Waals surface area (Å²) in [6, 6.07) is 20.2. The lowest BCUT2D eigenvalue weighted by molar-refractivity contribution is -0.137. The van der Waals surface area contributed by atoms with Gasteiger partial charge in [0.15, 0.2) is 0 Å². The number of fused-ring (bicyclic) bond motifs is 1. The van der Waals surface area contributed by atoms with E-state index in [1.807, 2.05) is 36.4 Å². The number of hydrogen-bond acceptors (Lipinski definition) is 4. The second-order valence-electron chi connectivity index (χ2n) is 7.23. The molecular weight excluding hydrogens is 430 g/mol. The average molecular weight is 458 g/mol. The number of carboxylic acid groups (broad SMARTS) is 2. The summed E-state index contributed by atoms with van der Waals surface area (Å²) in [7, 11) is 0. The van der Waals surface area contributed by atoms with Crippen molar-refractivity contribution in [3.8, 4) is 5.75 Å². The van der Waals surface area contributed by atoms with Crippen LogP contribution in [0.3, 0.4) is 0 Å². The van der Waals surface area contributed by atoms with Gasteiger partial charge in [0, 0.05) is 25.0 Å². The van der Waals surface area contributed by atoms with E-state index in [1.54, 1.807) is 0 Å². The molecule has 32 heavy (non-hydrogen) atoms. The zero-order valence-electron chi connectivity index (χ0n) is 18.0. The number of halogens is 1. The number of carbonyl (C=O) groups is 2. The van der Waals surface area contributed by atoms with Crippen LogP contribution in [0.5, 0.6) is 5.75 Å². The van der Waals surface area contributed by atoms with Crippen LogP contribution in [0.2, 0.25) is 5.02 Å². The quantitative estimate of drug-likeness (QED) is 0.364. The van der Waals surface area contributed by atoms with Crippen molar-refractivity contribution in [2.24, 2.45) is 0 Å². The fourth-order valence-corrected chi connectivity index (χ4v) is 3.29. The molecule has 3 N–H and O–H groups in total. The number of nitrogens with one attached hydrogen (secondary N) is 1. The zero-order valence-corrected chi connectivity index (χ0v) is 18.8. The zero-order chi connectivity index (χ0) is 23.3. The van der Waals surface area contributed by atoms with Gasteiger partial charge in [0.2, 0.25) is 0 Å². The molecule has 0 heterocycles. The third-order valence-electron chi connectivity index (χ3n) is 4.54. The summed E-state index contributed by atoms with van der Waals surface area (Å²) >= 11 is 6.18. The predicted molar refractivity (Wildman–Crippen MR) is 126 cm³/mol. The fraction of sp³-hybridized carbons (Fsp3) is 0.280. The first kappa shape index (κ1) is 25.2. The Morgan fingerprint density at radius 2 is 1.69 bits per heavy atom. The first-order valence-corrected chi connectivity index (χ1v) is 10.7. The highest BCUT2D eigenvalue weighted by atomic mass is 35.5. The molecule has 3 rings (SSSR count). The third kappa shape index (κ3) is 9.37. The standard InChI is InChI=1S/C23H24ClNO3.C2H4O2/c24-22-6-2-1-4-18(22)5-3-13-28-21-10-9-19-14-17(7-8-20(19)15-21)16-25-12-11-23(26)27;1-2(3)4/h1-2,4,6-10,14-15,25H,3,5,11-13,16H2,(H,26,27);1H3,(H,3,4). The minimum Gasteiger partial charge on any atom is -0.494 e. The number of rotatable bonds is 10. The summed E-state index contributed by atoms with van der Waals surface area (Å²) in [5, 5.41) is 22.3. The highest BCUT2D eigenvalue weighted by Crippen LogP contribution is 2.23. The molecule has 0 bridgehead atoms. The Balaban J connectivity index is 0.000000837. The van der Waals surface area contributed by atoms with E-state index in [4.69, 9.17) is 31.3 Å². The molecule has 7 heteroatoms. The van der Waals surface area contributed by atoms with Crippen LogP contribution < -0.4 is 10.1 Å². The smallest absolute Gasteiger partial charge is 0.304 e. The normalized spacial score (nSPS) is 10.3. The van der Waals surface area contributed by atoms with Gasteiger partial charge in [0.25, 0.3) is 5.97 Å². The third-order valence-corrected chi connectivity index (χ3v) is 4.91. The van der Waals surface area contributed by atoms with Gasteiger partial charge in [-0.05, 0) is 59.0 Å². The van der Waals surface area contributed by atoms with Gasteiger partial charge in [0.1, 0.15) is 5.75 Å². The van der Waals surface area contributed by atoms with E-state index in [1.165, 1.54) is 0 Å². The minimum absolute atomic E-state index is 0.130. The molecule has 6 nitrogen and oxygen atoms in total. The monoisotopic (exact) mass is 457 g/mol. The van der Waals surface area contributed by atoms with Crippen molar-refractivity contribution in [2.45, 2.75) is 32.7 Å². The van der Waals surface area contributed by atoms with Crippen LogP contribution in [-0.2, 0) is 22.6 Å². The number of aliphatic carboxylic acids is 2. The Morgan fingerprint density at radius 1 is 1.00 bits per heavy atom. The molecule has 0 unspecified atom stereocenters. The van der Waals surface area contributed by atoms with Gasteiger partial charge in [-0.25, -0.2) is 0 Å². The average Bonchev–Trinajstić information content (AvgIpc) is 2.75. The van der Waals surface area contributed by atoms with Crippen molar-refractivity contribution in [2.75, 3.05) is 13.2 Å². The maximum absolute atomic E-state index is 10.5. The van der Waals surface area contributed by atoms with Gasteiger partial charge < -0.3 is 20.3 Å². The summed E-state index contributed by atoms with van der Waals surface area (Å²) in [6.07, 6.45) is 1.93. The largest absolute Gasteiger partial charge is 0.494 e. The Morgan fingerprint density at radius 3 is 2.41 bits per heavy atom. The SMILES string of the molecule is CC(=O)O.O=C(O)CCNCc1ccc2cc(OCCCc3ccccc3Cl)ccc2c1. The van der Waals surface area contributed by atoms with Crippen molar-refractivity contribution in [1.82, 2.24) is 5.32 Å². The van der Waals surface area contributed by atoms with E-state index in [2.05, 4.69) is 29.6 Å². The molecule has 0 radical (unpaired) electrons. The molecule has 0 fully saturated rings. The van der Waals surface area contributed by atoms with Crippen LogP contribution in [0.1, 0.15) is 30.9 Å². The molecule has 3 aromatic carbocycles. The number of hydrogen-bond donors (Lipinski definition) is 3. The molecule has 0 aliphatic rings. The molecule has 3 aromatic rings. The number of benzene rings is 3. The van der Waals surface area contributed by atoms with Crippen molar-refractivity contribution >= 4 is 34.3 Å². The summed E-state index contributed by atoms with van der Waals surface area (Å²) < 4.78 is 5.90. The Hall–Kier alpha value is -3.09. The molecule has 0 saturated carbocycles. The predicted octanol–water partition coefficient (Wildman–Crippen LogP) is 5.16. The van der Waals surface area contributed by atoms with E-state index >= 15 is 0 Å². The molecule has 0 aromatic heterocycles. The Bertz CT molecular complexity index is 1030. The molecule has 0 saturated heterocycles. The topological polar surface area (TPSA) is 95.9 Å². The summed E-state index contributed by atoms with van der Waals surface area (Å²) in [6.45, 7) is 2.85. The van der Waals surface area contributed by atoms with Gasteiger partial charge in [-0.1, -0.05) is 48.0 Å². The van der Waals surface area contributed by atoms with Gasteiger partial charge in [0.05, 0.1) is 13.0 Å². The van der Waals surface area contributed by atoms with Crippen LogP contribution in [0, 0.1) is 0 Å². The van der Waals surface area contributed by atoms with Crippen LogP contribution >= 0.6 is 11.6 Å². The maximum Gasteiger partial charge on any atom is 0.304 e. The van der Waals surface area contributed by atoms with Crippen LogP contribution in [0.4, 0.5) is 0 Å². The summed E-state index contributed by atoms with van der Waals surface area (Å²) in [5.41, 5.74) is 2.28. The molecule has 0 aliphatic heterocycles. The number of carboxylic acids is 2. The fourth-order valence-electron chi connectivity index (χ4n) is 3.05. The first-order valence-electron chi connectivity index (χ1n) is 10.4. The van der Waals surface area contributed by atoms with E-state index in [-0.39, 0.29) is 6.42 Å². The van der Waals surface area contributed by atoms with E-state index in [0.717, 1.165) is 52.4 Å². The van der Waals surface area contributed by atoms with Gasteiger partial charge in [-0.2, -0.15) is 0 Å². The molecule has 0 atom stereocenters. The lowest BCUT2D eigenvalue weighted by atomic mass is 10.1. The van der Waals surface area contributed by atoms with Gasteiger partial charge in [-0.3, -0.25) is 9.59 Å². The highest BCUT2D eigenvalue weighted by Gasteiger charge is 2.02. The maximum atomic E-state index is 10.5. The molecular formula is C25H28ClNO5. The molecule has 0 aliphatic carbocycles. The lowest BCUT2D eigenvalue weighted by Crippen LogP contribution is -2.17. The Labute approximate surface area is 192 Å². The van der Waals surface area contributed by atoms with Crippen LogP contribution in [0.25, 0.3) is 10.8 Å². The van der Waals surface area contributed by atoms with Crippen molar-refractivity contribution in [3.05, 3.63) is 76.8 Å². The molecule has 0 spiro atoms. The van der Waals surface area contributed by atoms with Crippen molar-refractivity contribution in [1.29, 1.82) is 0 Å². The van der Waals surface area contributed by atoms with Crippen molar-refractivity contribution < 1.29 is 24.5 Å². The van der Waals surface area contributed by atoms with Gasteiger partial charge >= 0.3 is 5.97 Å². The lowest BCUT2D eigenvalue weighted by Gasteiger charge is -2.09. The summed E-state index contributed by atoms with van der Waals surface area (Å²) in [5.74, 6) is -0.760. The van der Waals surface area contributed by atoms with E-state index in [9.17, 15) is 4.79 Å². The van der Waals surface area contributed by atoms with E-state index < -0.39 is 11.9 Å². The summed E-state index contributed by atoms with van der Waals surface area (Å²) in [4.78, 5) is 19.5. The number of ether oxygens (including phenoxy) is 1. The minimum atomic E-state index is -0.833. The number of aryl methyl sites for hydroxylation is 1. The molecule has 0 amide bonds. The van der Waals surface area contributed by atoms with Crippen LogP contribution in [0.15, 0.2) is 60.7 Å². The highest BCUT2D eigenvalue weighted by molar-refractivity contribution is 6.31. The van der Waals surface area contributed by atoms with E-state index in [0.29, 0.717) is 19.7 Å². The Kier molecular flexibility index (Phi) is 10.5. The first-order chi connectivity index (χ1) is 15.3. The second kappa shape index (κ2) is 13.3. The van der Waals surface area contributed by atoms with Crippen LogP contribution in [-0.4, -0.2) is 35.3 Å². The van der Waals surface area contributed by atoms with Crippen molar-refractivity contribution in [3.63, 3.8) is 0 Å². The van der Waals surface area contributed by atoms with Gasteiger partial charge in [-0.15, -0.1) is 0 Å². The second-order valence-corrected chi connectivity index (χ2v) is 7.63. The molecule has 170 valence electrons.